The molecule has 0 bridgehead atoms. The highest BCUT2D eigenvalue weighted by atomic mass is 16.5. The number of benzene rings is 1. The Balaban J connectivity index is 2.58. The van der Waals surface area contributed by atoms with Gasteiger partial charge in [0.15, 0.2) is 0 Å². The van der Waals surface area contributed by atoms with Crippen LogP contribution in [0.1, 0.15) is 45.6 Å². The van der Waals surface area contributed by atoms with Crippen LogP contribution in [0.15, 0.2) is 24.3 Å². The number of hydrogen-bond donors (Lipinski definition) is 2. The number of rotatable bonds is 8. The van der Waals surface area contributed by atoms with E-state index in [1.807, 2.05) is 32.0 Å². The van der Waals surface area contributed by atoms with E-state index in [4.69, 9.17) is 4.74 Å². The normalized spacial score (nSPS) is 14.4. The summed E-state index contributed by atoms with van der Waals surface area (Å²) >= 11 is 0. The number of likely N-dealkylation sites (N-methyl/N-ethyl adjacent to an activating group) is 1. The van der Waals surface area contributed by atoms with Gasteiger partial charge < -0.3 is 15.2 Å². The van der Waals surface area contributed by atoms with E-state index < -0.39 is 0 Å². The van der Waals surface area contributed by atoms with Crippen LogP contribution in [0.2, 0.25) is 0 Å². The molecule has 0 saturated carbocycles. The van der Waals surface area contributed by atoms with Crippen molar-refractivity contribution in [2.75, 3.05) is 19.8 Å². The van der Waals surface area contributed by atoms with Crippen molar-refractivity contribution < 1.29 is 9.84 Å². The summed E-state index contributed by atoms with van der Waals surface area (Å²) < 4.78 is 5.89. The van der Waals surface area contributed by atoms with E-state index in [-0.39, 0.29) is 12.1 Å². The van der Waals surface area contributed by atoms with Gasteiger partial charge in [-0.05, 0) is 31.0 Å². The molecule has 108 valence electrons. The fourth-order valence-corrected chi connectivity index (χ4v) is 2.13. The van der Waals surface area contributed by atoms with Gasteiger partial charge in [-0.2, -0.15) is 0 Å². The summed E-state index contributed by atoms with van der Waals surface area (Å²) in [5.74, 6) is 1.41. The van der Waals surface area contributed by atoms with Crippen molar-refractivity contribution in [2.24, 2.45) is 0 Å². The smallest absolute Gasteiger partial charge is 0.122 e. The van der Waals surface area contributed by atoms with Crippen LogP contribution in [-0.2, 0) is 0 Å². The van der Waals surface area contributed by atoms with Crippen molar-refractivity contribution in [3.05, 3.63) is 29.8 Å². The molecule has 0 saturated heterocycles. The highest BCUT2D eigenvalue weighted by molar-refractivity contribution is 5.35. The molecular weight excluding hydrogens is 238 g/mol. The average molecular weight is 265 g/mol. The van der Waals surface area contributed by atoms with Crippen molar-refractivity contribution in [2.45, 2.75) is 45.6 Å². The lowest BCUT2D eigenvalue weighted by molar-refractivity contribution is 0.145. The molecule has 1 atom stereocenters. The first-order valence-corrected chi connectivity index (χ1v) is 7.10. The van der Waals surface area contributed by atoms with E-state index >= 15 is 0 Å². The zero-order valence-electron chi connectivity index (χ0n) is 12.6. The van der Waals surface area contributed by atoms with Gasteiger partial charge in [0.2, 0.25) is 0 Å². The second-order valence-corrected chi connectivity index (χ2v) is 5.54. The minimum atomic E-state index is -0.262. The highest BCUT2D eigenvalue weighted by Gasteiger charge is 2.21. The third-order valence-electron chi connectivity index (χ3n) is 3.40. The molecule has 1 aromatic carbocycles. The number of hydrogen-bond acceptors (Lipinski definition) is 3. The first-order chi connectivity index (χ1) is 9.02. The summed E-state index contributed by atoms with van der Waals surface area (Å²) in [7, 11) is 0. The lowest BCUT2D eigenvalue weighted by atomic mass is 9.99. The second-order valence-electron chi connectivity index (χ2n) is 5.54. The summed E-state index contributed by atoms with van der Waals surface area (Å²) in [6.45, 7) is 9.97. The van der Waals surface area contributed by atoms with E-state index in [0.29, 0.717) is 12.5 Å². The molecular formula is C16H27NO2. The fraction of sp³-hybridized carbons (Fsp3) is 0.625. The zero-order valence-corrected chi connectivity index (χ0v) is 12.6. The topological polar surface area (TPSA) is 41.5 Å². The minimum absolute atomic E-state index is 0.121. The molecule has 0 radical (unpaired) electrons. The zero-order chi connectivity index (χ0) is 14.3. The largest absolute Gasteiger partial charge is 0.493 e. The van der Waals surface area contributed by atoms with Gasteiger partial charge in [-0.1, -0.05) is 39.0 Å². The van der Waals surface area contributed by atoms with Gasteiger partial charge in [-0.15, -0.1) is 0 Å². The van der Waals surface area contributed by atoms with Gasteiger partial charge in [-0.25, -0.2) is 0 Å². The highest BCUT2D eigenvalue weighted by Crippen LogP contribution is 2.26. The number of ether oxygens (including phenoxy) is 1. The Bertz CT molecular complexity index is 379. The summed E-state index contributed by atoms with van der Waals surface area (Å²) in [4.78, 5) is 0. The Labute approximate surface area is 117 Å². The molecule has 3 heteroatoms. The second kappa shape index (κ2) is 7.51. The van der Waals surface area contributed by atoms with E-state index in [9.17, 15) is 5.11 Å². The Morgan fingerprint density at radius 2 is 2.00 bits per heavy atom. The van der Waals surface area contributed by atoms with Crippen LogP contribution in [-0.4, -0.2) is 30.4 Å². The third kappa shape index (κ3) is 4.84. The molecule has 2 N–H and O–H groups in total. The monoisotopic (exact) mass is 265 g/mol. The predicted molar refractivity (Wildman–Crippen MR) is 79.8 cm³/mol. The first kappa shape index (κ1) is 16.0. The Morgan fingerprint density at radius 3 is 2.58 bits per heavy atom. The number of aliphatic hydroxyl groups is 1. The number of aliphatic hydroxyl groups excluding tert-OH is 1. The van der Waals surface area contributed by atoms with Gasteiger partial charge in [0.25, 0.3) is 0 Å². The third-order valence-corrected chi connectivity index (χ3v) is 3.40. The molecule has 1 aromatic rings. The molecule has 3 nitrogen and oxygen atoms in total. The molecule has 0 aliphatic rings. The maximum absolute atomic E-state index is 9.44. The maximum atomic E-state index is 9.44. The fourth-order valence-electron chi connectivity index (χ4n) is 2.13. The molecule has 0 fully saturated rings. The van der Waals surface area contributed by atoms with Crippen LogP contribution in [0.4, 0.5) is 0 Å². The van der Waals surface area contributed by atoms with Crippen molar-refractivity contribution in [3.63, 3.8) is 0 Å². The molecule has 0 heterocycles. The molecule has 19 heavy (non-hydrogen) atoms. The Kier molecular flexibility index (Phi) is 6.32. The molecule has 0 aromatic heterocycles. The van der Waals surface area contributed by atoms with Gasteiger partial charge in [0.1, 0.15) is 5.75 Å². The van der Waals surface area contributed by atoms with Crippen molar-refractivity contribution >= 4 is 0 Å². The standard InChI is InChI=1S/C16H27NO2/c1-5-17-16(4,12-18)10-11-19-15-9-7-6-8-14(15)13(2)3/h6-9,13,17-18H,5,10-12H2,1-4H3. The lowest BCUT2D eigenvalue weighted by Gasteiger charge is -2.28. The van der Waals surface area contributed by atoms with Gasteiger partial charge in [-0.3, -0.25) is 0 Å². The predicted octanol–water partition coefficient (Wildman–Crippen LogP) is 2.94. The molecule has 1 unspecified atom stereocenters. The van der Waals surface area contributed by atoms with Crippen LogP contribution in [0.5, 0.6) is 5.75 Å². The molecule has 0 spiro atoms. The first-order valence-electron chi connectivity index (χ1n) is 7.10. The number of nitrogens with one attached hydrogen (secondary N) is 1. The molecule has 0 aliphatic heterocycles. The lowest BCUT2D eigenvalue weighted by Crippen LogP contribution is -2.46. The van der Waals surface area contributed by atoms with Gasteiger partial charge in [0.05, 0.1) is 13.2 Å². The molecule has 1 rings (SSSR count). The maximum Gasteiger partial charge on any atom is 0.122 e. The van der Waals surface area contributed by atoms with Gasteiger partial charge in [0, 0.05) is 12.0 Å². The average Bonchev–Trinajstić information content (AvgIpc) is 2.39. The summed E-state index contributed by atoms with van der Waals surface area (Å²) in [6.07, 6.45) is 0.782. The Hall–Kier alpha value is -1.06. The van der Waals surface area contributed by atoms with E-state index in [2.05, 4.69) is 25.2 Å². The summed E-state index contributed by atoms with van der Waals surface area (Å²) in [6, 6.07) is 8.16. The summed E-state index contributed by atoms with van der Waals surface area (Å²) in [5, 5.41) is 12.7. The quantitative estimate of drug-likeness (QED) is 0.759. The van der Waals surface area contributed by atoms with Crippen molar-refractivity contribution in [1.29, 1.82) is 0 Å². The van der Waals surface area contributed by atoms with E-state index in [0.717, 1.165) is 18.7 Å². The summed E-state index contributed by atoms with van der Waals surface area (Å²) in [5.41, 5.74) is 0.971. The van der Waals surface area contributed by atoms with Crippen LogP contribution < -0.4 is 10.1 Å². The van der Waals surface area contributed by atoms with E-state index in [1.165, 1.54) is 5.56 Å². The number of para-hydroxylation sites is 1. The van der Waals surface area contributed by atoms with E-state index in [1.54, 1.807) is 0 Å². The van der Waals surface area contributed by atoms with Crippen molar-refractivity contribution in [1.82, 2.24) is 5.32 Å². The SMILES string of the molecule is CCNC(C)(CO)CCOc1ccccc1C(C)C. The van der Waals surface area contributed by atoms with Gasteiger partial charge >= 0.3 is 0 Å². The van der Waals surface area contributed by atoms with Crippen LogP contribution in [0.3, 0.4) is 0 Å². The van der Waals surface area contributed by atoms with Crippen molar-refractivity contribution in [3.8, 4) is 5.75 Å². The van der Waals surface area contributed by atoms with Crippen LogP contribution >= 0.6 is 0 Å². The Morgan fingerprint density at radius 1 is 1.32 bits per heavy atom. The molecule has 0 aliphatic carbocycles. The molecule has 0 amide bonds. The minimum Gasteiger partial charge on any atom is -0.493 e. The van der Waals surface area contributed by atoms with Crippen LogP contribution in [0.25, 0.3) is 0 Å². The van der Waals surface area contributed by atoms with Crippen LogP contribution in [0, 0.1) is 0 Å².